The highest BCUT2D eigenvalue weighted by molar-refractivity contribution is 5.99. The number of benzene rings is 2. The number of hydrogen-bond donors (Lipinski definition) is 2. The van der Waals surface area contributed by atoms with E-state index in [0.717, 1.165) is 35.0 Å². The molecule has 3 heterocycles. The largest absolute Gasteiger partial charge is 0.861 e. The van der Waals surface area contributed by atoms with Crippen molar-refractivity contribution in [1.29, 1.82) is 0 Å². The SMILES string of the molecule is COc1ncc(-c2ccc(C[n+]3cc(NC(=O)Nc4cc(N=C([O-])Cc5ccccc5)cc(C(F)(F)F)c4)on3)nc2)c(C)n1. The van der Waals surface area contributed by atoms with E-state index in [1.165, 1.54) is 18.0 Å². The summed E-state index contributed by atoms with van der Waals surface area (Å²) in [6, 6.07) is 14.3. The molecule has 2 amide bonds. The van der Waals surface area contributed by atoms with Gasteiger partial charge in [0.05, 0.1) is 24.1 Å². The molecule has 0 aliphatic rings. The van der Waals surface area contributed by atoms with E-state index in [-0.39, 0.29) is 36.2 Å². The van der Waals surface area contributed by atoms with Gasteiger partial charge in [0.1, 0.15) is 5.69 Å². The summed E-state index contributed by atoms with van der Waals surface area (Å²) in [7, 11) is 1.49. The number of nitrogens with zero attached hydrogens (tertiary/aromatic N) is 6. The Bertz CT molecular complexity index is 1830. The van der Waals surface area contributed by atoms with E-state index in [1.807, 2.05) is 13.0 Å². The van der Waals surface area contributed by atoms with Crippen LogP contribution in [0.1, 0.15) is 22.5 Å². The zero-order valence-electron chi connectivity index (χ0n) is 23.9. The number of amides is 2. The van der Waals surface area contributed by atoms with Crippen LogP contribution in [-0.4, -0.2) is 39.3 Å². The summed E-state index contributed by atoms with van der Waals surface area (Å²) in [5.41, 5.74) is 2.03. The molecule has 0 aliphatic carbocycles. The van der Waals surface area contributed by atoms with Crippen molar-refractivity contribution in [2.45, 2.75) is 26.1 Å². The lowest BCUT2D eigenvalue weighted by Gasteiger charge is -2.14. The van der Waals surface area contributed by atoms with Gasteiger partial charge in [-0.15, -0.1) is 0 Å². The van der Waals surface area contributed by atoms with Crippen molar-refractivity contribution in [1.82, 2.24) is 20.2 Å². The van der Waals surface area contributed by atoms with E-state index in [0.29, 0.717) is 11.3 Å². The Morgan fingerprint density at radius 1 is 1.07 bits per heavy atom. The van der Waals surface area contributed by atoms with Crippen LogP contribution in [0.5, 0.6) is 6.01 Å². The Morgan fingerprint density at radius 2 is 1.87 bits per heavy atom. The quantitative estimate of drug-likeness (QED) is 0.139. The molecule has 0 bridgehead atoms. The molecule has 15 heteroatoms. The lowest BCUT2D eigenvalue weighted by Crippen LogP contribution is -2.35. The van der Waals surface area contributed by atoms with E-state index >= 15 is 0 Å². The number of aromatic nitrogens is 5. The second-order valence-corrected chi connectivity index (χ2v) is 9.67. The monoisotopic (exact) mass is 618 g/mol. The molecule has 2 aromatic carbocycles. The number of carbonyl (C=O) groups is 1. The van der Waals surface area contributed by atoms with Gasteiger partial charge in [0.25, 0.3) is 6.20 Å². The lowest BCUT2D eigenvalue weighted by atomic mass is 10.1. The van der Waals surface area contributed by atoms with E-state index < -0.39 is 23.7 Å². The third-order valence-electron chi connectivity index (χ3n) is 6.30. The van der Waals surface area contributed by atoms with E-state index in [2.05, 4.69) is 35.8 Å². The third kappa shape index (κ3) is 8.16. The molecule has 12 nitrogen and oxygen atoms in total. The van der Waals surface area contributed by atoms with Crippen LogP contribution in [0, 0.1) is 6.92 Å². The van der Waals surface area contributed by atoms with Crippen LogP contribution in [0.3, 0.4) is 0 Å². The molecular weight excluding hydrogens is 593 g/mol. The molecule has 3 aromatic heterocycles. The first-order valence-electron chi connectivity index (χ1n) is 13.3. The van der Waals surface area contributed by atoms with Crippen LogP contribution in [-0.2, 0) is 19.1 Å². The van der Waals surface area contributed by atoms with Crippen molar-refractivity contribution in [2.75, 3.05) is 17.7 Å². The van der Waals surface area contributed by atoms with Gasteiger partial charge < -0.3 is 15.2 Å². The number of methoxy groups -OCH3 is 1. The van der Waals surface area contributed by atoms with Crippen LogP contribution in [0.15, 0.2) is 88.8 Å². The molecule has 0 radical (unpaired) electrons. The van der Waals surface area contributed by atoms with Gasteiger partial charge in [-0.1, -0.05) is 36.4 Å². The predicted octanol–water partition coefficient (Wildman–Crippen LogP) is 4.48. The first-order valence-corrected chi connectivity index (χ1v) is 13.3. The van der Waals surface area contributed by atoms with Crippen LogP contribution in [0.2, 0.25) is 0 Å². The first-order chi connectivity index (χ1) is 21.6. The molecular formula is C30H25F3N8O4. The number of halogens is 3. The van der Waals surface area contributed by atoms with Gasteiger partial charge in [0.2, 0.25) is 11.8 Å². The molecule has 5 aromatic rings. The summed E-state index contributed by atoms with van der Waals surface area (Å²) in [5, 5.41) is 20.9. The summed E-state index contributed by atoms with van der Waals surface area (Å²) in [4.78, 5) is 29.2. The molecule has 5 rings (SSSR count). The summed E-state index contributed by atoms with van der Waals surface area (Å²) in [6.45, 7) is 2.03. The van der Waals surface area contributed by atoms with E-state index in [9.17, 15) is 23.1 Å². The second kappa shape index (κ2) is 13.2. The topological polar surface area (TPSA) is 154 Å². The number of pyridine rings is 1. The zero-order chi connectivity index (χ0) is 32.0. The molecule has 0 saturated carbocycles. The second-order valence-electron chi connectivity index (χ2n) is 9.67. The fourth-order valence-electron chi connectivity index (χ4n) is 4.22. The number of alkyl halides is 3. The molecule has 45 heavy (non-hydrogen) atoms. The molecule has 0 fully saturated rings. The maximum atomic E-state index is 13.6. The van der Waals surface area contributed by atoms with Crippen molar-refractivity contribution in [3.05, 3.63) is 102 Å². The standard InChI is InChI=1S/C30H25F3N8O4/c1-18-25(15-35-29(36-18)44-2)20-8-9-22(34-14-20)16-41-17-27(45-40-41)39-28(43)38-24-12-21(30(31,32)33)11-23(13-24)37-26(42)10-19-6-4-3-5-7-19/h3-9,11-15,17H,10,16H2,1-2H3,(H2-,37,38,39,40,42,43). The Labute approximate surface area is 254 Å². The van der Waals surface area contributed by atoms with Crippen LogP contribution < -0.4 is 25.2 Å². The maximum absolute atomic E-state index is 13.6. The number of hydrogen-bond acceptors (Lipinski definition) is 9. The van der Waals surface area contributed by atoms with Gasteiger partial charge in [-0.3, -0.25) is 19.8 Å². The van der Waals surface area contributed by atoms with Crippen molar-refractivity contribution in [3.63, 3.8) is 0 Å². The maximum Gasteiger partial charge on any atom is 0.416 e. The van der Waals surface area contributed by atoms with Crippen LogP contribution in [0.25, 0.3) is 11.1 Å². The van der Waals surface area contributed by atoms with Gasteiger partial charge in [0, 0.05) is 35.6 Å². The van der Waals surface area contributed by atoms with Crippen molar-refractivity contribution < 1.29 is 37.0 Å². The van der Waals surface area contributed by atoms with Crippen LogP contribution in [0.4, 0.5) is 35.2 Å². The predicted molar refractivity (Wildman–Crippen MR) is 154 cm³/mol. The number of aryl methyl sites for hydroxylation is 1. The average molecular weight is 619 g/mol. The van der Waals surface area contributed by atoms with Crippen molar-refractivity contribution in [3.8, 4) is 17.1 Å². The molecule has 0 saturated heterocycles. The smallest absolute Gasteiger partial charge is 0.416 e. The Hall–Kier alpha value is -5.86. The molecule has 2 N–H and O–H groups in total. The van der Waals surface area contributed by atoms with Gasteiger partial charge >= 0.3 is 24.1 Å². The van der Waals surface area contributed by atoms with Gasteiger partial charge in [-0.25, -0.2) is 9.78 Å². The highest BCUT2D eigenvalue weighted by atomic mass is 19.4. The molecule has 0 unspecified atom stereocenters. The minimum absolute atomic E-state index is 0.0787. The first kappa shape index (κ1) is 30.6. The third-order valence-corrected chi connectivity index (χ3v) is 6.30. The number of nitrogens with one attached hydrogen (secondary N) is 2. The molecule has 0 atom stereocenters. The summed E-state index contributed by atoms with van der Waals surface area (Å²) in [6.07, 6.45) is -0.154. The van der Waals surface area contributed by atoms with Crippen molar-refractivity contribution in [2.24, 2.45) is 4.99 Å². The number of anilines is 2. The highest BCUT2D eigenvalue weighted by Gasteiger charge is 2.31. The summed E-state index contributed by atoms with van der Waals surface area (Å²) >= 11 is 0. The normalized spacial score (nSPS) is 11.7. The lowest BCUT2D eigenvalue weighted by molar-refractivity contribution is -0.755. The Kier molecular flexibility index (Phi) is 8.97. The van der Waals surface area contributed by atoms with Gasteiger partial charge in [-0.05, 0) is 47.3 Å². The average Bonchev–Trinajstić information content (AvgIpc) is 3.43. The fraction of sp³-hybridized carbons (Fsp3) is 0.167. The number of carbonyl (C=O) groups excluding carboxylic acids is 1. The van der Waals surface area contributed by atoms with E-state index in [4.69, 9.17) is 9.26 Å². The molecule has 230 valence electrons. The summed E-state index contributed by atoms with van der Waals surface area (Å²) in [5.74, 6) is -0.721. The minimum atomic E-state index is -4.75. The Balaban J connectivity index is 1.23. The van der Waals surface area contributed by atoms with Crippen LogP contribution >= 0.6 is 0 Å². The summed E-state index contributed by atoms with van der Waals surface area (Å²) < 4.78 is 52.2. The minimum Gasteiger partial charge on any atom is -0.861 e. The molecule has 0 spiro atoms. The Morgan fingerprint density at radius 3 is 2.56 bits per heavy atom. The highest BCUT2D eigenvalue weighted by Crippen LogP contribution is 2.34. The zero-order valence-corrected chi connectivity index (χ0v) is 23.9. The van der Waals surface area contributed by atoms with Gasteiger partial charge in [0.15, 0.2) is 0 Å². The number of urea groups is 1. The number of aliphatic imine (C=N–C) groups is 1. The van der Waals surface area contributed by atoms with Gasteiger partial charge in [-0.2, -0.15) is 18.2 Å². The molecule has 0 aliphatic heterocycles. The number of ether oxygens (including phenoxy) is 1. The van der Waals surface area contributed by atoms with E-state index in [1.54, 1.807) is 48.8 Å². The van der Waals surface area contributed by atoms with Crippen molar-refractivity contribution >= 4 is 29.2 Å². The number of rotatable bonds is 9. The fourth-order valence-corrected chi connectivity index (χ4v) is 4.22.